The molecular formula is C16H9Cl2F2NO3S. The molecule has 0 saturated carbocycles. The summed E-state index contributed by atoms with van der Waals surface area (Å²) in [4.78, 5) is -0.869. The molecule has 0 aliphatic carbocycles. The lowest BCUT2D eigenvalue weighted by Gasteiger charge is -2.07. The molecule has 0 bridgehead atoms. The largest absolute Gasteiger partial charge is 0.435 e. The van der Waals surface area contributed by atoms with Gasteiger partial charge in [0.25, 0.3) is 0 Å². The van der Waals surface area contributed by atoms with Crippen LogP contribution in [0.15, 0.2) is 52.3 Å². The van der Waals surface area contributed by atoms with E-state index in [4.69, 9.17) is 23.2 Å². The number of ether oxygens (including phenoxy) is 1. The Hall–Kier alpha value is -2.14. The van der Waals surface area contributed by atoms with Crippen LogP contribution in [0.2, 0.25) is 10.0 Å². The standard InChI is InChI=1S/C16H9Cl2F2NO3S/c17-11-3-6-14(18)15(8-11)25(22,23)13(9-21)7-10-1-4-12(5-2-10)24-16(19)20/h1-8,16H/b13-7+. The van der Waals surface area contributed by atoms with Crippen LogP contribution in [0.5, 0.6) is 5.75 Å². The van der Waals surface area contributed by atoms with Crippen LogP contribution < -0.4 is 4.74 Å². The predicted octanol–water partition coefficient (Wildman–Crippen LogP) is 4.93. The normalized spacial score (nSPS) is 12.1. The van der Waals surface area contributed by atoms with Crippen molar-refractivity contribution in [2.75, 3.05) is 0 Å². The van der Waals surface area contributed by atoms with Gasteiger partial charge >= 0.3 is 6.61 Å². The molecule has 2 rings (SSSR count). The Morgan fingerprint density at radius 2 is 1.80 bits per heavy atom. The number of hydrogen-bond donors (Lipinski definition) is 0. The second-order valence-electron chi connectivity index (χ2n) is 4.65. The predicted molar refractivity (Wildman–Crippen MR) is 90.3 cm³/mol. The van der Waals surface area contributed by atoms with E-state index in [1.54, 1.807) is 6.07 Å². The number of nitriles is 1. The molecule has 0 aliphatic rings. The molecule has 0 N–H and O–H groups in total. The van der Waals surface area contributed by atoms with Crippen LogP contribution in [0.1, 0.15) is 5.56 Å². The van der Waals surface area contributed by atoms with Gasteiger partial charge in [0.1, 0.15) is 16.7 Å². The van der Waals surface area contributed by atoms with Gasteiger partial charge in [-0.2, -0.15) is 14.0 Å². The minimum Gasteiger partial charge on any atom is -0.435 e. The highest BCUT2D eigenvalue weighted by Gasteiger charge is 2.24. The minimum absolute atomic E-state index is 0.0776. The van der Waals surface area contributed by atoms with Crippen molar-refractivity contribution in [2.24, 2.45) is 0 Å². The molecule has 130 valence electrons. The van der Waals surface area contributed by atoms with Gasteiger partial charge < -0.3 is 4.74 Å². The molecule has 2 aromatic rings. The SMILES string of the molecule is N#C/C(=C\c1ccc(OC(F)F)cc1)S(=O)(=O)c1cc(Cl)ccc1Cl. The summed E-state index contributed by atoms with van der Waals surface area (Å²) in [6.07, 6.45) is 1.10. The maximum atomic E-state index is 12.6. The molecule has 0 heterocycles. The number of hydrogen-bond acceptors (Lipinski definition) is 4. The first kappa shape index (κ1) is 19.2. The zero-order valence-corrected chi connectivity index (χ0v) is 14.6. The summed E-state index contributed by atoms with van der Waals surface area (Å²) in [5, 5.41) is 9.29. The molecule has 0 amide bonds. The van der Waals surface area contributed by atoms with Gasteiger partial charge in [0, 0.05) is 5.02 Å². The van der Waals surface area contributed by atoms with E-state index in [0.717, 1.165) is 12.1 Å². The van der Waals surface area contributed by atoms with E-state index in [0.29, 0.717) is 5.56 Å². The number of nitrogens with zero attached hydrogens (tertiary/aromatic N) is 1. The van der Waals surface area contributed by atoms with Crippen LogP contribution in [-0.2, 0) is 9.84 Å². The number of sulfone groups is 1. The van der Waals surface area contributed by atoms with Gasteiger partial charge in [-0.15, -0.1) is 0 Å². The van der Waals surface area contributed by atoms with Crippen molar-refractivity contribution >= 4 is 39.1 Å². The van der Waals surface area contributed by atoms with Crippen molar-refractivity contribution in [3.05, 3.63) is 63.0 Å². The third-order valence-electron chi connectivity index (χ3n) is 2.99. The van der Waals surface area contributed by atoms with Gasteiger partial charge in [0.2, 0.25) is 9.84 Å². The van der Waals surface area contributed by atoms with Crippen molar-refractivity contribution < 1.29 is 21.9 Å². The van der Waals surface area contributed by atoms with E-state index >= 15 is 0 Å². The third kappa shape index (κ3) is 4.69. The van der Waals surface area contributed by atoms with E-state index in [-0.39, 0.29) is 20.7 Å². The third-order valence-corrected chi connectivity index (χ3v) is 5.37. The molecule has 9 heteroatoms. The van der Waals surface area contributed by atoms with E-state index in [1.807, 2.05) is 0 Å². The van der Waals surface area contributed by atoms with Gasteiger partial charge in [-0.05, 0) is 42.0 Å². The molecular weight excluding hydrogens is 395 g/mol. The zero-order valence-electron chi connectivity index (χ0n) is 12.3. The molecule has 4 nitrogen and oxygen atoms in total. The van der Waals surface area contributed by atoms with Crippen LogP contribution >= 0.6 is 23.2 Å². The lowest BCUT2D eigenvalue weighted by Crippen LogP contribution is -2.04. The summed E-state index contributed by atoms with van der Waals surface area (Å²) in [5.74, 6) is -0.0913. The lowest BCUT2D eigenvalue weighted by molar-refractivity contribution is -0.0498. The second-order valence-corrected chi connectivity index (χ2v) is 7.38. The first-order chi connectivity index (χ1) is 11.7. The van der Waals surface area contributed by atoms with E-state index in [1.165, 1.54) is 36.4 Å². The lowest BCUT2D eigenvalue weighted by atomic mass is 10.2. The number of rotatable bonds is 5. The highest BCUT2D eigenvalue weighted by atomic mass is 35.5. The smallest absolute Gasteiger partial charge is 0.387 e. The Kier molecular flexibility index (Phi) is 6.01. The van der Waals surface area contributed by atoms with Gasteiger partial charge in [-0.25, -0.2) is 8.42 Å². The molecule has 0 fully saturated rings. The Labute approximate surface area is 152 Å². The zero-order chi connectivity index (χ0) is 18.6. The van der Waals surface area contributed by atoms with Crippen LogP contribution in [0.4, 0.5) is 8.78 Å². The summed E-state index contributed by atoms with van der Waals surface area (Å²) in [7, 11) is -4.20. The molecule has 0 saturated heterocycles. The summed E-state index contributed by atoms with van der Waals surface area (Å²) >= 11 is 11.7. The Morgan fingerprint density at radius 3 is 2.36 bits per heavy atom. The van der Waals surface area contributed by atoms with Crippen LogP contribution in [0.25, 0.3) is 6.08 Å². The van der Waals surface area contributed by atoms with Gasteiger partial charge in [0.15, 0.2) is 0 Å². The average Bonchev–Trinajstić information content (AvgIpc) is 2.55. The van der Waals surface area contributed by atoms with Crippen LogP contribution in [-0.4, -0.2) is 15.0 Å². The first-order valence-electron chi connectivity index (χ1n) is 6.61. The molecule has 2 aromatic carbocycles. The molecule has 25 heavy (non-hydrogen) atoms. The Morgan fingerprint density at radius 1 is 1.16 bits per heavy atom. The molecule has 0 radical (unpaired) electrons. The summed E-state index contributed by atoms with van der Waals surface area (Å²) < 4.78 is 53.6. The fourth-order valence-electron chi connectivity index (χ4n) is 1.87. The van der Waals surface area contributed by atoms with Crippen LogP contribution in [0.3, 0.4) is 0 Å². The first-order valence-corrected chi connectivity index (χ1v) is 8.85. The molecule has 0 aromatic heterocycles. The molecule has 0 atom stereocenters. The topological polar surface area (TPSA) is 67.2 Å². The van der Waals surface area contributed by atoms with E-state index in [9.17, 15) is 22.5 Å². The Balaban J connectivity index is 2.43. The summed E-state index contributed by atoms with van der Waals surface area (Å²) in [6, 6.07) is 10.6. The highest BCUT2D eigenvalue weighted by molar-refractivity contribution is 7.95. The van der Waals surface area contributed by atoms with Crippen molar-refractivity contribution in [3.63, 3.8) is 0 Å². The maximum Gasteiger partial charge on any atom is 0.387 e. The van der Waals surface area contributed by atoms with Gasteiger partial charge in [-0.3, -0.25) is 0 Å². The van der Waals surface area contributed by atoms with Crippen molar-refractivity contribution in [3.8, 4) is 11.8 Å². The van der Waals surface area contributed by atoms with Crippen molar-refractivity contribution in [1.29, 1.82) is 5.26 Å². The monoisotopic (exact) mass is 403 g/mol. The van der Waals surface area contributed by atoms with Gasteiger partial charge in [0.05, 0.1) is 9.92 Å². The van der Waals surface area contributed by atoms with E-state index in [2.05, 4.69) is 4.74 Å². The summed E-state index contributed by atoms with van der Waals surface area (Å²) in [6.45, 7) is -2.97. The second kappa shape index (κ2) is 7.83. The fraction of sp³-hybridized carbons (Fsp3) is 0.0625. The van der Waals surface area contributed by atoms with Crippen molar-refractivity contribution in [2.45, 2.75) is 11.5 Å². The minimum atomic E-state index is -4.20. The molecule has 0 aliphatic heterocycles. The molecule has 0 unspecified atom stereocenters. The fourth-order valence-corrected chi connectivity index (χ4v) is 3.78. The number of benzene rings is 2. The van der Waals surface area contributed by atoms with Crippen molar-refractivity contribution in [1.82, 2.24) is 0 Å². The van der Waals surface area contributed by atoms with Gasteiger partial charge in [-0.1, -0.05) is 35.3 Å². The number of halogens is 4. The average molecular weight is 404 g/mol. The molecule has 0 spiro atoms. The van der Waals surface area contributed by atoms with Crippen LogP contribution in [0, 0.1) is 11.3 Å². The highest BCUT2D eigenvalue weighted by Crippen LogP contribution is 2.30. The quantitative estimate of drug-likeness (QED) is 0.663. The number of alkyl halides is 2. The Bertz CT molecular complexity index is 952. The maximum absolute atomic E-state index is 12.6. The summed E-state index contributed by atoms with van der Waals surface area (Å²) in [5.41, 5.74) is 0.305. The number of allylic oxidation sites excluding steroid dienone is 1. The van der Waals surface area contributed by atoms with E-state index < -0.39 is 21.4 Å².